The van der Waals surface area contributed by atoms with Gasteiger partial charge in [-0.1, -0.05) is 6.92 Å². The molecule has 0 atom stereocenters. The molecule has 0 saturated carbocycles. The highest BCUT2D eigenvalue weighted by Gasteiger charge is 2.06. The fourth-order valence-corrected chi connectivity index (χ4v) is 1.93. The summed E-state index contributed by atoms with van der Waals surface area (Å²) < 4.78 is 1.91. The van der Waals surface area contributed by atoms with Gasteiger partial charge in [0.1, 0.15) is 11.5 Å². The van der Waals surface area contributed by atoms with Gasteiger partial charge in [-0.15, -0.1) is 12.4 Å². The van der Waals surface area contributed by atoms with Gasteiger partial charge in [0, 0.05) is 30.9 Å². The molecule has 0 saturated heterocycles. The molecule has 0 unspecified atom stereocenters. The second-order valence-corrected chi connectivity index (χ2v) is 4.56. The Morgan fingerprint density at radius 1 is 1.30 bits per heavy atom. The van der Waals surface area contributed by atoms with Crippen LogP contribution in [-0.2, 0) is 13.1 Å². The van der Waals surface area contributed by atoms with E-state index in [1.54, 1.807) is 12.1 Å². The molecule has 2 aromatic rings. The molecule has 0 fully saturated rings. The Labute approximate surface area is 124 Å². The predicted octanol–water partition coefficient (Wildman–Crippen LogP) is 3.05. The summed E-state index contributed by atoms with van der Waals surface area (Å²) in [4.78, 5) is 0. The van der Waals surface area contributed by atoms with E-state index >= 15 is 0 Å². The lowest BCUT2D eigenvalue weighted by atomic mass is 10.2. The summed E-state index contributed by atoms with van der Waals surface area (Å²) in [6.45, 7) is 5.45. The second-order valence-electron chi connectivity index (χ2n) is 4.56. The maximum atomic E-state index is 9.71. The first-order valence-corrected chi connectivity index (χ1v) is 6.39. The molecule has 0 aliphatic carbocycles. The van der Waals surface area contributed by atoms with Crippen molar-refractivity contribution in [2.75, 3.05) is 5.32 Å². The molecule has 0 spiro atoms. The molecule has 0 amide bonds. The highest BCUT2D eigenvalue weighted by Crippen LogP contribution is 2.24. The second kappa shape index (κ2) is 7.05. The van der Waals surface area contributed by atoms with Crippen molar-refractivity contribution < 1.29 is 10.2 Å². The monoisotopic (exact) mass is 297 g/mol. The first kappa shape index (κ1) is 16.2. The molecular formula is C14H20ClN3O2. The van der Waals surface area contributed by atoms with Crippen LogP contribution in [0.2, 0.25) is 0 Å². The molecule has 5 nitrogen and oxygen atoms in total. The van der Waals surface area contributed by atoms with Gasteiger partial charge >= 0.3 is 0 Å². The minimum absolute atomic E-state index is 0. The first-order valence-electron chi connectivity index (χ1n) is 6.39. The standard InChI is InChI=1S/C14H19N3O2.ClH/c1-3-6-17-9-13(10(2)16-17)15-8-11-4-5-12(18)7-14(11)19;/h4-5,7,9,15,18-19H,3,6,8H2,1-2H3;1H. The number of anilines is 1. The number of hydrogen-bond donors (Lipinski definition) is 3. The zero-order valence-electron chi connectivity index (χ0n) is 11.6. The van der Waals surface area contributed by atoms with E-state index in [9.17, 15) is 10.2 Å². The number of aromatic nitrogens is 2. The van der Waals surface area contributed by atoms with Gasteiger partial charge in [0.2, 0.25) is 0 Å². The molecular weight excluding hydrogens is 278 g/mol. The predicted molar refractivity (Wildman–Crippen MR) is 81.6 cm³/mol. The van der Waals surface area contributed by atoms with Crippen molar-refractivity contribution >= 4 is 18.1 Å². The van der Waals surface area contributed by atoms with Gasteiger partial charge < -0.3 is 15.5 Å². The number of nitrogens with one attached hydrogen (secondary N) is 1. The highest BCUT2D eigenvalue weighted by molar-refractivity contribution is 5.85. The third kappa shape index (κ3) is 3.81. The summed E-state index contributed by atoms with van der Waals surface area (Å²) in [5.41, 5.74) is 2.63. The number of phenolic OH excluding ortho intramolecular Hbond substituents is 2. The Morgan fingerprint density at radius 3 is 2.70 bits per heavy atom. The minimum Gasteiger partial charge on any atom is -0.508 e. The Kier molecular flexibility index (Phi) is 5.70. The van der Waals surface area contributed by atoms with Gasteiger partial charge in [-0.2, -0.15) is 5.10 Å². The van der Waals surface area contributed by atoms with Crippen LogP contribution in [0.25, 0.3) is 0 Å². The van der Waals surface area contributed by atoms with E-state index in [-0.39, 0.29) is 23.9 Å². The van der Waals surface area contributed by atoms with Crippen molar-refractivity contribution in [1.29, 1.82) is 0 Å². The maximum absolute atomic E-state index is 9.71. The summed E-state index contributed by atoms with van der Waals surface area (Å²) in [6.07, 6.45) is 3.01. The van der Waals surface area contributed by atoms with Crippen LogP contribution >= 0.6 is 12.4 Å². The van der Waals surface area contributed by atoms with Crippen molar-refractivity contribution in [3.8, 4) is 11.5 Å². The highest BCUT2D eigenvalue weighted by atomic mass is 35.5. The van der Waals surface area contributed by atoms with Crippen LogP contribution in [0.3, 0.4) is 0 Å². The van der Waals surface area contributed by atoms with E-state index in [0.717, 1.165) is 29.9 Å². The normalized spacial score (nSPS) is 10.1. The smallest absolute Gasteiger partial charge is 0.124 e. The lowest BCUT2D eigenvalue weighted by molar-refractivity contribution is 0.446. The molecule has 1 aromatic carbocycles. The van der Waals surface area contributed by atoms with Crippen LogP contribution in [0.1, 0.15) is 24.6 Å². The van der Waals surface area contributed by atoms with Crippen molar-refractivity contribution in [2.24, 2.45) is 0 Å². The van der Waals surface area contributed by atoms with E-state index in [2.05, 4.69) is 17.3 Å². The number of rotatable bonds is 5. The molecule has 2 rings (SSSR count). The van der Waals surface area contributed by atoms with E-state index in [1.807, 2.05) is 17.8 Å². The molecule has 20 heavy (non-hydrogen) atoms. The molecule has 1 heterocycles. The number of benzene rings is 1. The Balaban J connectivity index is 0.00000200. The lowest BCUT2D eigenvalue weighted by Crippen LogP contribution is -2.00. The Bertz CT molecular complexity index is 570. The molecule has 3 N–H and O–H groups in total. The van der Waals surface area contributed by atoms with E-state index in [1.165, 1.54) is 6.07 Å². The quantitative estimate of drug-likeness (QED) is 0.793. The minimum atomic E-state index is 0. The number of hydrogen-bond acceptors (Lipinski definition) is 4. The van der Waals surface area contributed by atoms with Crippen LogP contribution < -0.4 is 5.32 Å². The molecule has 0 aliphatic rings. The fraction of sp³-hybridized carbons (Fsp3) is 0.357. The molecule has 6 heteroatoms. The van der Waals surface area contributed by atoms with Crippen LogP contribution in [0.4, 0.5) is 5.69 Å². The van der Waals surface area contributed by atoms with Gasteiger partial charge in [0.15, 0.2) is 0 Å². The zero-order valence-corrected chi connectivity index (χ0v) is 12.4. The summed E-state index contributed by atoms with van der Waals surface area (Å²) in [6, 6.07) is 4.60. The fourth-order valence-electron chi connectivity index (χ4n) is 1.93. The number of halogens is 1. The third-order valence-electron chi connectivity index (χ3n) is 2.94. The van der Waals surface area contributed by atoms with Crippen LogP contribution in [0, 0.1) is 6.92 Å². The summed E-state index contributed by atoms with van der Waals surface area (Å²) in [5, 5.41) is 26.6. The summed E-state index contributed by atoms with van der Waals surface area (Å²) in [7, 11) is 0. The zero-order chi connectivity index (χ0) is 13.8. The molecule has 0 aliphatic heterocycles. The van der Waals surface area contributed by atoms with Crippen molar-refractivity contribution in [3.63, 3.8) is 0 Å². The SMILES string of the molecule is CCCn1cc(NCc2ccc(O)cc2O)c(C)n1.Cl. The van der Waals surface area contributed by atoms with Gasteiger partial charge in [-0.25, -0.2) is 0 Å². The molecule has 0 bridgehead atoms. The van der Waals surface area contributed by atoms with Crippen molar-refractivity contribution in [1.82, 2.24) is 9.78 Å². The largest absolute Gasteiger partial charge is 0.508 e. The van der Waals surface area contributed by atoms with E-state index < -0.39 is 0 Å². The topological polar surface area (TPSA) is 70.3 Å². The average Bonchev–Trinajstić information content (AvgIpc) is 2.69. The third-order valence-corrected chi connectivity index (χ3v) is 2.94. The Hall–Kier alpha value is -1.88. The van der Waals surface area contributed by atoms with E-state index in [0.29, 0.717) is 6.54 Å². The lowest BCUT2D eigenvalue weighted by Gasteiger charge is -2.07. The molecule has 1 aromatic heterocycles. The summed E-state index contributed by atoms with van der Waals surface area (Å²) in [5.74, 6) is 0.152. The maximum Gasteiger partial charge on any atom is 0.124 e. The number of aromatic hydroxyl groups is 2. The van der Waals surface area contributed by atoms with Gasteiger partial charge in [-0.3, -0.25) is 4.68 Å². The van der Waals surface area contributed by atoms with Gasteiger partial charge in [0.05, 0.1) is 11.4 Å². The van der Waals surface area contributed by atoms with Crippen LogP contribution in [0.15, 0.2) is 24.4 Å². The Morgan fingerprint density at radius 2 is 2.05 bits per heavy atom. The molecule has 0 radical (unpaired) electrons. The molecule has 110 valence electrons. The summed E-state index contributed by atoms with van der Waals surface area (Å²) >= 11 is 0. The average molecular weight is 298 g/mol. The number of phenols is 2. The van der Waals surface area contributed by atoms with Crippen molar-refractivity contribution in [3.05, 3.63) is 35.7 Å². The van der Waals surface area contributed by atoms with E-state index in [4.69, 9.17) is 0 Å². The van der Waals surface area contributed by atoms with Crippen molar-refractivity contribution in [2.45, 2.75) is 33.4 Å². The number of aryl methyl sites for hydroxylation is 2. The first-order chi connectivity index (χ1) is 9.10. The van der Waals surface area contributed by atoms with Gasteiger partial charge in [-0.05, 0) is 25.5 Å². The van der Waals surface area contributed by atoms with Gasteiger partial charge in [0.25, 0.3) is 0 Å². The van der Waals surface area contributed by atoms with Crippen LogP contribution in [-0.4, -0.2) is 20.0 Å². The van der Waals surface area contributed by atoms with Crippen LogP contribution in [0.5, 0.6) is 11.5 Å². The number of nitrogens with zero attached hydrogens (tertiary/aromatic N) is 2.